The van der Waals surface area contributed by atoms with Crippen LogP contribution in [0.4, 0.5) is 0 Å². The van der Waals surface area contributed by atoms with E-state index >= 15 is 0 Å². The number of nitrogens with two attached hydrogens (primary N) is 2. The first-order valence-corrected chi connectivity index (χ1v) is 10.6. The Hall–Kier alpha value is -3.16. The second-order valence-electron chi connectivity index (χ2n) is 7.34. The average Bonchev–Trinajstić information content (AvgIpc) is 2.74. The van der Waals surface area contributed by atoms with Crippen molar-refractivity contribution in [2.24, 2.45) is 11.5 Å². The summed E-state index contributed by atoms with van der Waals surface area (Å²) in [5.41, 5.74) is 11.9. The molecule has 5 unspecified atom stereocenters. The maximum absolute atomic E-state index is 12.7. The molecule has 0 aromatic heterocycles. The summed E-state index contributed by atoms with van der Waals surface area (Å²) in [7, 11) is 0. The van der Waals surface area contributed by atoms with Crippen LogP contribution >= 0.6 is 12.6 Å². The van der Waals surface area contributed by atoms with Gasteiger partial charge in [0.15, 0.2) is 6.04 Å². The minimum Gasteiger partial charge on any atom is -0.480 e. The van der Waals surface area contributed by atoms with Gasteiger partial charge in [-0.25, -0.2) is 4.79 Å². The molecule has 33 heavy (non-hydrogen) atoms. The Balaban J connectivity index is 2.85. The Morgan fingerprint density at radius 3 is 2.00 bits per heavy atom. The third-order valence-corrected chi connectivity index (χ3v) is 4.90. The van der Waals surface area contributed by atoms with Crippen LogP contribution in [0.3, 0.4) is 0 Å². The van der Waals surface area contributed by atoms with Crippen molar-refractivity contribution in [3.05, 3.63) is 35.9 Å². The summed E-state index contributed by atoms with van der Waals surface area (Å²) in [5, 5.41) is 25.3. The number of primary amides is 1. The molecule has 0 fully saturated rings. The number of thiol groups is 1. The molecule has 0 aliphatic rings. The van der Waals surface area contributed by atoms with E-state index in [1.165, 1.54) is 6.92 Å². The summed E-state index contributed by atoms with van der Waals surface area (Å²) < 4.78 is 0. The van der Waals surface area contributed by atoms with E-state index < -0.39 is 66.3 Å². The van der Waals surface area contributed by atoms with Gasteiger partial charge in [-0.15, -0.1) is 0 Å². The van der Waals surface area contributed by atoms with E-state index in [0.717, 1.165) is 5.56 Å². The molecule has 1 rings (SSSR count). The fourth-order valence-corrected chi connectivity index (χ4v) is 3.02. The van der Waals surface area contributed by atoms with E-state index in [1.807, 2.05) is 0 Å². The number of amides is 4. The summed E-state index contributed by atoms with van der Waals surface area (Å²) >= 11 is 3.97. The summed E-state index contributed by atoms with van der Waals surface area (Å²) in [5.74, 6) is -5.18. The van der Waals surface area contributed by atoms with Crippen molar-refractivity contribution in [2.45, 2.75) is 50.0 Å². The van der Waals surface area contributed by atoms with Crippen molar-refractivity contribution >= 4 is 42.2 Å². The molecular weight excluding hydrogens is 454 g/mol. The molecule has 1 aromatic rings. The van der Waals surface area contributed by atoms with E-state index in [-0.39, 0.29) is 12.2 Å². The van der Waals surface area contributed by atoms with Crippen molar-refractivity contribution in [3.8, 4) is 0 Å². The van der Waals surface area contributed by atoms with E-state index in [0.29, 0.717) is 0 Å². The van der Waals surface area contributed by atoms with Crippen LogP contribution in [-0.4, -0.2) is 75.8 Å². The zero-order valence-corrected chi connectivity index (χ0v) is 18.8. The minimum absolute atomic E-state index is 0.176. The van der Waals surface area contributed by atoms with Gasteiger partial charge in [0.25, 0.3) is 0 Å². The predicted octanol–water partition coefficient (Wildman–Crippen LogP) is -2.72. The fraction of sp³-hybridized carbons (Fsp3) is 0.450. The van der Waals surface area contributed by atoms with E-state index in [9.17, 15) is 29.1 Å². The lowest BCUT2D eigenvalue weighted by Crippen LogP contribution is -2.59. The second kappa shape index (κ2) is 13.4. The van der Waals surface area contributed by atoms with Crippen molar-refractivity contribution in [2.75, 3.05) is 5.75 Å². The third kappa shape index (κ3) is 9.47. The van der Waals surface area contributed by atoms with E-state index in [4.69, 9.17) is 16.6 Å². The SMILES string of the molecule is CC(O)C(NC(=O)C(CS)NC(=O)C(CC(N)=O)NC(=O)C(N)Cc1ccccc1)C(=O)O. The van der Waals surface area contributed by atoms with Crippen LogP contribution in [-0.2, 0) is 30.4 Å². The quantitative estimate of drug-likeness (QED) is 0.138. The number of rotatable bonds is 13. The van der Waals surface area contributed by atoms with E-state index in [1.54, 1.807) is 30.3 Å². The number of hydrogen-bond donors (Lipinski definition) is 8. The minimum atomic E-state index is -1.62. The van der Waals surface area contributed by atoms with Crippen LogP contribution < -0.4 is 27.4 Å². The number of carboxylic acid groups (broad SMARTS) is 1. The lowest BCUT2D eigenvalue weighted by Gasteiger charge is -2.24. The maximum Gasteiger partial charge on any atom is 0.328 e. The van der Waals surface area contributed by atoms with Crippen molar-refractivity contribution in [1.82, 2.24) is 16.0 Å². The monoisotopic (exact) mass is 483 g/mol. The Bertz CT molecular complexity index is 852. The van der Waals surface area contributed by atoms with Gasteiger partial charge in [0.2, 0.25) is 23.6 Å². The van der Waals surface area contributed by atoms with Gasteiger partial charge < -0.3 is 37.6 Å². The summed E-state index contributed by atoms with van der Waals surface area (Å²) in [4.78, 5) is 60.1. The molecule has 9 N–H and O–H groups in total. The molecule has 0 heterocycles. The smallest absolute Gasteiger partial charge is 0.328 e. The van der Waals surface area contributed by atoms with Crippen LogP contribution in [0.1, 0.15) is 18.9 Å². The van der Waals surface area contributed by atoms with Crippen molar-refractivity contribution < 1.29 is 34.2 Å². The van der Waals surface area contributed by atoms with Crippen LogP contribution in [0.25, 0.3) is 0 Å². The highest BCUT2D eigenvalue weighted by molar-refractivity contribution is 7.80. The first-order valence-electron chi connectivity index (χ1n) is 9.96. The van der Waals surface area contributed by atoms with Gasteiger partial charge in [0.1, 0.15) is 12.1 Å². The Morgan fingerprint density at radius 2 is 1.52 bits per heavy atom. The molecular formula is C20H29N5O7S. The van der Waals surface area contributed by atoms with Crippen LogP contribution in [0.5, 0.6) is 0 Å². The lowest BCUT2D eigenvalue weighted by atomic mass is 10.0. The molecule has 0 saturated carbocycles. The number of hydrogen-bond acceptors (Lipinski definition) is 8. The standard InChI is InChI=1S/C20H29N5O7S/c1-10(26)16(20(31)32)25-19(30)14(9-33)24-18(29)13(8-15(22)27)23-17(28)12(21)7-11-5-3-2-4-6-11/h2-6,10,12-14,16,26,33H,7-9,21H2,1H3,(H2,22,27)(H,23,28)(H,24,29)(H,25,30)(H,31,32). The fourth-order valence-electron chi connectivity index (χ4n) is 2.76. The molecule has 12 nitrogen and oxygen atoms in total. The summed E-state index contributed by atoms with van der Waals surface area (Å²) in [6.45, 7) is 1.17. The van der Waals surface area contributed by atoms with Gasteiger partial charge in [-0.2, -0.15) is 12.6 Å². The molecule has 182 valence electrons. The highest BCUT2D eigenvalue weighted by Crippen LogP contribution is 2.04. The summed E-state index contributed by atoms with van der Waals surface area (Å²) in [6.07, 6.45) is -1.80. The lowest BCUT2D eigenvalue weighted by molar-refractivity contribution is -0.145. The number of carboxylic acids is 1. The predicted molar refractivity (Wildman–Crippen MR) is 121 cm³/mol. The highest BCUT2D eigenvalue weighted by atomic mass is 32.1. The molecule has 5 atom stereocenters. The molecule has 0 radical (unpaired) electrons. The van der Waals surface area contributed by atoms with Crippen LogP contribution in [0, 0.1) is 0 Å². The topological polar surface area (TPSA) is 214 Å². The van der Waals surface area contributed by atoms with Crippen molar-refractivity contribution in [1.29, 1.82) is 0 Å². The summed E-state index contributed by atoms with van der Waals surface area (Å²) in [6, 6.07) is 3.50. The number of aliphatic hydroxyl groups is 1. The zero-order chi connectivity index (χ0) is 25.1. The Morgan fingerprint density at radius 1 is 0.970 bits per heavy atom. The largest absolute Gasteiger partial charge is 0.480 e. The number of benzene rings is 1. The van der Waals surface area contributed by atoms with Gasteiger partial charge in [0, 0.05) is 5.75 Å². The highest BCUT2D eigenvalue weighted by Gasteiger charge is 2.31. The molecule has 0 aliphatic heterocycles. The molecule has 0 aliphatic carbocycles. The van der Waals surface area contributed by atoms with Gasteiger partial charge in [-0.1, -0.05) is 30.3 Å². The van der Waals surface area contributed by atoms with Crippen LogP contribution in [0.2, 0.25) is 0 Å². The van der Waals surface area contributed by atoms with Gasteiger partial charge in [-0.05, 0) is 18.9 Å². The van der Waals surface area contributed by atoms with Gasteiger partial charge in [-0.3, -0.25) is 19.2 Å². The third-order valence-electron chi connectivity index (χ3n) is 4.54. The van der Waals surface area contributed by atoms with E-state index in [2.05, 4.69) is 28.6 Å². The van der Waals surface area contributed by atoms with Gasteiger partial charge >= 0.3 is 5.97 Å². The molecule has 0 bridgehead atoms. The molecule has 13 heteroatoms. The number of carbonyl (C=O) groups is 5. The molecule has 4 amide bonds. The Kier molecular flexibility index (Phi) is 11.3. The number of carbonyl (C=O) groups excluding carboxylic acids is 4. The normalized spacial score (nSPS) is 15.3. The molecule has 1 aromatic carbocycles. The molecule has 0 spiro atoms. The second-order valence-corrected chi connectivity index (χ2v) is 7.70. The first-order chi connectivity index (χ1) is 15.5. The van der Waals surface area contributed by atoms with Gasteiger partial charge in [0.05, 0.1) is 18.6 Å². The maximum atomic E-state index is 12.7. The zero-order valence-electron chi connectivity index (χ0n) is 17.9. The van der Waals surface area contributed by atoms with Crippen LogP contribution in [0.15, 0.2) is 30.3 Å². The Labute approximate surface area is 195 Å². The van der Waals surface area contributed by atoms with Crippen molar-refractivity contribution in [3.63, 3.8) is 0 Å². The number of nitrogens with one attached hydrogen (secondary N) is 3. The molecule has 0 saturated heterocycles. The number of aliphatic hydroxyl groups excluding tert-OH is 1. The first kappa shape index (κ1) is 27.9. The number of aliphatic carboxylic acids is 1. The average molecular weight is 484 g/mol.